The Labute approximate surface area is 169 Å². The molecule has 0 amide bonds. The smallest absolute Gasteiger partial charge is 0.416 e. The summed E-state index contributed by atoms with van der Waals surface area (Å²) in [5, 5.41) is 0.698. The van der Waals surface area contributed by atoms with E-state index in [4.69, 9.17) is 49.6 Å². The predicted molar refractivity (Wildman–Crippen MR) is 102 cm³/mol. The van der Waals surface area contributed by atoms with Crippen molar-refractivity contribution < 1.29 is 27.4 Å². The van der Waals surface area contributed by atoms with E-state index in [1.54, 1.807) is 12.1 Å². The van der Waals surface area contributed by atoms with Crippen LogP contribution in [0.4, 0.5) is 13.2 Å². The summed E-state index contributed by atoms with van der Waals surface area (Å²) >= 11 is 16.9. The van der Waals surface area contributed by atoms with Gasteiger partial charge in [0.15, 0.2) is 5.05 Å². The Balaban J connectivity index is 2.06. The van der Waals surface area contributed by atoms with Gasteiger partial charge in [-0.2, -0.15) is 13.2 Å². The van der Waals surface area contributed by atoms with Gasteiger partial charge in [-0.15, -0.1) is 0 Å². The number of ether oxygens (including phenoxy) is 3. The third-order valence-electron chi connectivity index (χ3n) is 3.40. The van der Waals surface area contributed by atoms with Crippen LogP contribution in [0.1, 0.15) is 18.4 Å². The fraction of sp³-hybridized carbons (Fsp3) is 0.278. The molecule has 0 heterocycles. The molecule has 27 heavy (non-hydrogen) atoms. The van der Waals surface area contributed by atoms with E-state index in [2.05, 4.69) is 0 Å². The van der Waals surface area contributed by atoms with Crippen LogP contribution >= 0.6 is 35.4 Å². The van der Waals surface area contributed by atoms with Crippen LogP contribution in [0.3, 0.4) is 0 Å². The Morgan fingerprint density at radius 2 is 1.78 bits per heavy atom. The maximum Gasteiger partial charge on any atom is 0.416 e. The molecule has 2 aromatic rings. The SMILES string of the molecule is COC(=S)CCCOc1cc(Oc2ccc(C(F)(F)F)cc2Cl)ccc1Cl. The van der Waals surface area contributed by atoms with Gasteiger partial charge in [-0.1, -0.05) is 23.2 Å². The molecule has 0 aliphatic carbocycles. The minimum atomic E-state index is -4.48. The zero-order chi connectivity index (χ0) is 20.0. The third kappa shape index (κ3) is 6.45. The Morgan fingerprint density at radius 1 is 1.04 bits per heavy atom. The number of halogens is 5. The summed E-state index contributed by atoms with van der Waals surface area (Å²) < 4.78 is 54.1. The van der Waals surface area contributed by atoms with Crippen LogP contribution in [0.5, 0.6) is 17.2 Å². The zero-order valence-electron chi connectivity index (χ0n) is 14.1. The maximum absolute atomic E-state index is 12.7. The van der Waals surface area contributed by atoms with Gasteiger partial charge in [-0.25, -0.2) is 0 Å². The summed E-state index contributed by atoms with van der Waals surface area (Å²) in [4.78, 5) is 0. The van der Waals surface area contributed by atoms with Crippen LogP contribution in [0, 0.1) is 0 Å². The van der Waals surface area contributed by atoms with Crippen molar-refractivity contribution in [2.45, 2.75) is 19.0 Å². The fourth-order valence-corrected chi connectivity index (χ4v) is 2.58. The van der Waals surface area contributed by atoms with E-state index >= 15 is 0 Å². The van der Waals surface area contributed by atoms with E-state index in [1.165, 1.54) is 13.2 Å². The Hall–Kier alpha value is -1.70. The van der Waals surface area contributed by atoms with Crippen LogP contribution in [-0.4, -0.2) is 18.8 Å². The lowest BCUT2D eigenvalue weighted by Gasteiger charge is -2.13. The van der Waals surface area contributed by atoms with E-state index in [9.17, 15) is 13.2 Å². The van der Waals surface area contributed by atoms with Crippen LogP contribution in [0.25, 0.3) is 0 Å². The molecule has 9 heteroatoms. The first-order valence-corrected chi connectivity index (χ1v) is 8.91. The van der Waals surface area contributed by atoms with Crippen molar-refractivity contribution in [2.75, 3.05) is 13.7 Å². The van der Waals surface area contributed by atoms with Crippen LogP contribution < -0.4 is 9.47 Å². The van der Waals surface area contributed by atoms with E-state index in [1.807, 2.05) is 0 Å². The van der Waals surface area contributed by atoms with E-state index in [0.717, 1.165) is 18.2 Å². The molecule has 0 aliphatic rings. The van der Waals surface area contributed by atoms with Crippen molar-refractivity contribution in [3.8, 4) is 17.2 Å². The molecule has 0 aliphatic heterocycles. The molecule has 0 N–H and O–H groups in total. The summed E-state index contributed by atoms with van der Waals surface area (Å²) in [6.45, 7) is 0.355. The monoisotopic (exact) mass is 438 g/mol. The van der Waals surface area contributed by atoms with Gasteiger partial charge in [0.1, 0.15) is 17.2 Å². The van der Waals surface area contributed by atoms with Gasteiger partial charge in [0, 0.05) is 12.5 Å². The Kier molecular flexibility index (Phi) is 7.59. The summed E-state index contributed by atoms with van der Waals surface area (Å²) in [5.74, 6) is 0.785. The van der Waals surface area contributed by atoms with Crippen LogP contribution in [0.15, 0.2) is 36.4 Å². The number of alkyl halides is 3. The molecule has 146 valence electrons. The minimum Gasteiger partial charge on any atom is -0.492 e. The number of thiocarbonyl (C=S) groups is 1. The quantitative estimate of drug-likeness (QED) is 0.345. The molecule has 0 saturated heterocycles. The predicted octanol–water partition coefficient (Wildman–Crippen LogP) is 6.94. The molecule has 0 atom stereocenters. The second kappa shape index (κ2) is 9.48. The minimum absolute atomic E-state index is 0.0865. The molecular weight excluding hydrogens is 424 g/mol. The molecule has 0 saturated carbocycles. The van der Waals surface area contributed by atoms with Gasteiger partial charge in [-0.05, 0) is 49.0 Å². The van der Waals surface area contributed by atoms with Crippen molar-refractivity contribution in [1.82, 2.24) is 0 Å². The molecule has 0 aromatic heterocycles. The van der Waals surface area contributed by atoms with Gasteiger partial charge in [0.2, 0.25) is 0 Å². The first-order chi connectivity index (χ1) is 12.7. The van der Waals surface area contributed by atoms with E-state index in [-0.39, 0.29) is 10.8 Å². The van der Waals surface area contributed by atoms with Crippen LogP contribution in [0.2, 0.25) is 10.0 Å². The number of methoxy groups -OCH3 is 1. The maximum atomic E-state index is 12.7. The molecule has 0 fully saturated rings. The largest absolute Gasteiger partial charge is 0.492 e. The van der Waals surface area contributed by atoms with Crippen molar-refractivity contribution in [3.63, 3.8) is 0 Å². The third-order valence-corrected chi connectivity index (χ3v) is 4.38. The lowest BCUT2D eigenvalue weighted by molar-refractivity contribution is -0.137. The topological polar surface area (TPSA) is 27.7 Å². The summed E-state index contributed by atoms with van der Waals surface area (Å²) in [5.41, 5.74) is -0.853. The number of hydrogen-bond acceptors (Lipinski definition) is 4. The highest BCUT2D eigenvalue weighted by molar-refractivity contribution is 7.80. The molecule has 0 radical (unpaired) electrons. The van der Waals surface area contributed by atoms with Crippen molar-refractivity contribution >= 4 is 40.5 Å². The fourth-order valence-electron chi connectivity index (χ4n) is 2.05. The molecule has 0 bridgehead atoms. The summed E-state index contributed by atoms with van der Waals surface area (Å²) in [6.07, 6.45) is -3.27. The summed E-state index contributed by atoms with van der Waals surface area (Å²) in [6, 6.07) is 7.51. The Morgan fingerprint density at radius 3 is 2.41 bits per heavy atom. The highest BCUT2D eigenvalue weighted by Gasteiger charge is 2.31. The molecule has 3 nitrogen and oxygen atoms in total. The average molecular weight is 439 g/mol. The van der Waals surface area contributed by atoms with Gasteiger partial charge in [0.25, 0.3) is 0 Å². The van der Waals surface area contributed by atoms with Crippen molar-refractivity contribution in [1.29, 1.82) is 0 Å². The highest BCUT2D eigenvalue weighted by Crippen LogP contribution is 2.38. The molecule has 0 unspecified atom stereocenters. The van der Waals surface area contributed by atoms with E-state index < -0.39 is 11.7 Å². The van der Waals surface area contributed by atoms with Crippen LogP contribution in [-0.2, 0) is 10.9 Å². The molecular formula is C18H15Cl2F3O3S. The number of benzene rings is 2. The van der Waals surface area contributed by atoms with Crippen molar-refractivity contribution in [2.24, 2.45) is 0 Å². The summed E-state index contributed by atoms with van der Waals surface area (Å²) in [7, 11) is 1.51. The van der Waals surface area contributed by atoms with Gasteiger partial charge in [0.05, 0.1) is 29.3 Å². The second-order valence-electron chi connectivity index (χ2n) is 5.37. The molecule has 2 aromatic carbocycles. The molecule has 2 rings (SSSR count). The average Bonchev–Trinajstić information content (AvgIpc) is 2.61. The lowest BCUT2D eigenvalue weighted by Crippen LogP contribution is -2.04. The Bertz CT molecular complexity index is 813. The highest BCUT2D eigenvalue weighted by atomic mass is 35.5. The first-order valence-electron chi connectivity index (χ1n) is 7.74. The van der Waals surface area contributed by atoms with E-state index in [0.29, 0.717) is 41.0 Å². The number of hydrogen-bond donors (Lipinski definition) is 0. The van der Waals surface area contributed by atoms with Gasteiger partial charge in [-0.3, -0.25) is 0 Å². The van der Waals surface area contributed by atoms with Crippen molar-refractivity contribution in [3.05, 3.63) is 52.0 Å². The van der Waals surface area contributed by atoms with Gasteiger partial charge >= 0.3 is 6.18 Å². The molecule has 0 spiro atoms. The van der Waals surface area contributed by atoms with Gasteiger partial charge < -0.3 is 14.2 Å². The standard InChI is InChI=1S/C18H15Cl2F3O3S/c1-24-17(27)3-2-8-25-16-10-12(5-6-13(16)19)26-15-7-4-11(9-14(15)20)18(21,22)23/h4-7,9-10H,2-3,8H2,1H3. The number of rotatable bonds is 7. The zero-order valence-corrected chi connectivity index (χ0v) is 16.4. The first kappa shape index (κ1) is 21.6. The lowest BCUT2D eigenvalue weighted by atomic mass is 10.2. The normalized spacial score (nSPS) is 11.2. The second-order valence-corrected chi connectivity index (χ2v) is 6.64.